The minimum Gasteiger partial charge on any atom is -0.354 e. The van der Waals surface area contributed by atoms with Gasteiger partial charge in [0.2, 0.25) is 5.95 Å². The first-order valence-electron chi connectivity index (χ1n) is 8.44. The van der Waals surface area contributed by atoms with Crippen molar-refractivity contribution in [1.82, 2.24) is 20.1 Å². The van der Waals surface area contributed by atoms with Gasteiger partial charge in [-0.3, -0.25) is 10.00 Å². The fraction of sp³-hybridized carbons (Fsp3) is 0.529. The third kappa shape index (κ3) is 3.08. The molecule has 0 bridgehead atoms. The number of rotatable bonds is 3. The van der Waals surface area contributed by atoms with Crippen LogP contribution in [-0.2, 0) is 19.4 Å². The molecule has 0 radical (unpaired) electrons. The zero-order valence-corrected chi connectivity index (χ0v) is 13.3. The molecule has 0 amide bonds. The second kappa shape index (κ2) is 6.28. The van der Waals surface area contributed by atoms with Crippen LogP contribution >= 0.6 is 0 Å². The van der Waals surface area contributed by atoms with Gasteiger partial charge in [-0.1, -0.05) is 6.07 Å². The van der Waals surface area contributed by atoms with E-state index in [0.717, 1.165) is 51.4 Å². The van der Waals surface area contributed by atoms with E-state index < -0.39 is 5.95 Å². The molecule has 1 aliphatic heterocycles. The number of piperazine rings is 1. The van der Waals surface area contributed by atoms with Gasteiger partial charge in [-0.2, -0.15) is 9.49 Å². The number of nitrogens with zero attached hydrogens (tertiary/aromatic N) is 4. The molecule has 0 unspecified atom stereocenters. The Balaban J connectivity index is 1.37. The maximum Gasteiger partial charge on any atom is 0.214 e. The second-order valence-electron chi connectivity index (χ2n) is 6.42. The molecule has 5 nitrogen and oxygen atoms in total. The lowest BCUT2D eigenvalue weighted by atomic mass is 9.96. The van der Waals surface area contributed by atoms with Crippen molar-refractivity contribution in [1.29, 1.82) is 0 Å². The smallest absolute Gasteiger partial charge is 0.214 e. The number of hydrogen-bond donors (Lipinski definition) is 1. The van der Waals surface area contributed by atoms with E-state index in [9.17, 15) is 4.39 Å². The molecule has 0 saturated carbocycles. The molecule has 1 aliphatic carbocycles. The summed E-state index contributed by atoms with van der Waals surface area (Å²) in [6.45, 7) is 4.59. The summed E-state index contributed by atoms with van der Waals surface area (Å²) < 4.78 is 13.3. The first-order valence-corrected chi connectivity index (χ1v) is 8.44. The Labute approximate surface area is 135 Å². The summed E-state index contributed by atoms with van der Waals surface area (Å²) in [5.74, 6) is 0.329. The Bertz CT molecular complexity index is 675. The van der Waals surface area contributed by atoms with Gasteiger partial charge in [0.15, 0.2) is 0 Å². The molecule has 2 aliphatic rings. The Kier molecular flexibility index (Phi) is 3.99. The molecule has 6 heteroatoms. The van der Waals surface area contributed by atoms with Crippen molar-refractivity contribution in [2.45, 2.75) is 32.2 Å². The molecule has 0 aromatic carbocycles. The van der Waals surface area contributed by atoms with Gasteiger partial charge in [-0.25, -0.2) is 4.98 Å². The number of hydrogen-bond acceptors (Lipinski definition) is 4. The lowest BCUT2D eigenvalue weighted by molar-refractivity contribution is 0.245. The topological polar surface area (TPSA) is 48.0 Å². The van der Waals surface area contributed by atoms with Gasteiger partial charge in [0.1, 0.15) is 5.82 Å². The fourth-order valence-corrected chi connectivity index (χ4v) is 3.60. The standard InChI is InChI=1S/C17H22FN5/c18-16-6-3-7-17(19-16)23-10-8-22(9-11-23)12-15-13-4-1-2-5-14(13)20-21-15/h3,6-7H,1-2,4-5,8-12H2,(H,20,21). The zero-order valence-electron chi connectivity index (χ0n) is 13.3. The molecular formula is C17H22FN5. The maximum atomic E-state index is 13.3. The number of halogens is 1. The van der Waals surface area contributed by atoms with E-state index in [-0.39, 0.29) is 0 Å². The van der Waals surface area contributed by atoms with Crippen LogP contribution in [0.4, 0.5) is 10.2 Å². The largest absolute Gasteiger partial charge is 0.354 e. The van der Waals surface area contributed by atoms with Gasteiger partial charge in [0, 0.05) is 38.4 Å². The van der Waals surface area contributed by atoms with Crippen LogP contribution in [0.3, 0.4) is 0 Å². The van der Waals surface area contributed by atoms with Gasteiger partial charge in [-0.15, -0.1) is 0 Å². The van der Waals surface area contributed by atoms with E-state index in [2.05, 4.69) is 25.0 Å². The van der Waals surface area contributed by atoms with Crippen LogP contribution in [-0.4, -0.2) is 46.3 Å². The molecule has 2 aromatic rings. The Morgan fingerprint density at radius 2 is 1.91 bits per heavy atom. The SMILES string of the molecule is Fc1cccc(N2CCN(Cc3n[nH]c4c3CCCC4)CC2)n1. The number of aromatic amines is 1. The van der Waals surface area contributed by atoms with Gasteiger partial charge in [-0.05, 0) is 43.4 Å². The summed E-state index contributed by atoms with van der Waals surface area (Å²) in [6, 6.07) is 4.99. The van der Waals surface area contributed by atoms with Crippen LogP contribution in [0.5, 0.6) is 0 Å². The fourth-order valence-electron chi connectivity index (χ4n) is 3.60. The molecule has 122 valence electrons. The van der Waals surface area contributed by atoms with E-state index in [1.165, 1.54) is 35.9 Å². The zero-order chi connectivity index (χ0) is 15.6. The van der Waals surface area contributed by atoms with E-state index >= 15 is 0 Å². The van der Waals surface area contributed by atoms with Crippen LogP contribution in [0.15, 0.2) is 18.2 Å². The average Bonchev–Trinajstić information content (AvgIpc) is 2.99. The highest BCUT2D eigenvalue weighted by Gasteiger charge is 2.22. The lowest BCUT2D eigenvalue weighted by Crippen LogP contribution is -2.46. The predicted octanol–water partition coefficient (Wildman–Crippen LogP) is 2.14. The maximum absolute atomic E-state index is 13.3. The van der Waals surface area contributed by atoms with Crippen LogP contribution in [0.2, 0.25) is 0 Å². The number of H-pyrrole nitrogens is 1. The highest BCUT2D eigenvalue weighted by molar-refractivity contribution is 5.38. The second-order valence-corrected chi connectivity index (χ2v) is 6.42. The third-order valence-corrected chi connectivity index (χ3v) is 4.91. The van der Waals surface area contributed by atoms with E-state index in [0.29, 0.717) is 0 Å². The van der Waals surface area contributed by atoms with Crippen LogP contribution in [0, 0.1) is 5.95 Å². The average molecular weight is 315 g/mol. The minimum atomic E-state index is -0.409. The number of pyridine rings is 1. The first kappa shape index (κ1) is 14.6. The van der Waals surface area contributed by atoms with Crippen LogP contribution in [0.25, 0.3) is 0 Å². The highest BCUT2D eigenvalue weighted by atomic mass is 19.1. The van der Waals surface area contributed by atoms with Gasteiger partial charge in [0.05, 0.1) is 5.69 Å². The Morgan fingerprint density at radius 3 is 2.74 bits per heavy atom. The molecule has 0 atom stereocenters. The molecule has 1 saturated heterocycles. The predicted molar refractivity (Wildman–Crippen MR) is 86.9 cm³/mol. The summed E-state index contributed by atoms with van der Waals surface area (Å²) >= 11 is 0. The van der Waals surface area contributed by atoms with E-state index in [1.807, 2.05) is 6.07 Å². The molecule has 3 heterocycles. The molecule has 4 rings (SSSR count). The van der Waals surface area contributed by atoms with Crippen LogP contribution in [0.1, 0.15) is 29.8 Å². The number of anilines is 1. The highest BCUT2D eigenvalue weighted by Crippen LogP contribution is 2.23. The molecule has 1 fully saturated rings. The monoisotopic (exact) mass is 315 g/mol. The molecule has 23 heavy (non-hydrogen) atoms. The van der Waals surface area contributed by atoms with Crippen molar-refractivity contribution >= 4 is 5.82 Å². The first-order chi connectivity index (χ1) is 11.3. The Hall–Kier alpha value is -1.95. The summed E-state index contributed by atoms with van der Waals surface area (Å²) in [5, 5.41) is 7.76. The summed E-state index contributed by atoms with van der Waals surface area (Å²) in [4.78, 5) is 8.56. The van der Waals surface area contributed by atoms with E-state index in [4.69, 9.17) is 0 Å². The molecular weight excluding hydrogens is 293 g/mol. The van der Waals surface area contributed by atoms with Gasteiger partial charge in [0.25, 0.3) is 0 Å². The number of aromatic nitrogens is 3. The molecule has 0 spiro atoms. The summed E-state index contributed by atoms with van der Waals surface area (Å²) in [5.41, 5.74) is 4.01. The van der Waals surface area contributed by atoms with Crippen molar-refractivity contribution in [3.05, 3.63) is 41.1 Å². The normalized spacial score (nSPS) is 18.9. The van der Waals surface area contributed by atoms with Crippen molar-refractivity contribution in [3.63, 3.8) is 0 Å². The van der Waals surface area contributed by atoms with Crippen molar-refractivity contribution in [2.75, 3.05) is 31.1 Å². The van der Waals surface area contributed by atoms with Crippen molar-refractivity contribution < 1.29 is 4.39 Å². The number of fused-ring (bicyclic) bond motifs is 1. The van der Waals surface area contributed by atoms with Crippen LogP contribution < -0.4 is 4.90 Å². The van der Waals surface area contributed by atoms with Crippen molar-refractivity contribution in [3.8, 4) is 0 Å². The lowest BCUT2D eigenvalue weighted by Gasteiger charge is -2.35. The molecule has 2 aromatic heterocycles. The number of aryl methyl sites for hydroxylation is 1. The van der Waals surface area contributed by atoms with Gasteiger partial charge < -0.3 is 4.90 Å². The van der Waals surface area contributed by atoms with Gasteiger partial charge >= 0.3 is 0 Å². The Morgan fingerprint density at radius 1 is 1.09 bits per heavy atom. The van der Waals surface area contributed by atoms with E-state index in [1.54, 1.807) is 6.07 Å². The molecule has 1 N–H and O–H groups in total. The summed E-state index contributed by atoms with van der Waals surface area (Å²) in [6.07, 6.45) is 4.85. The summed E-state index contributed by atoms with van der Waals surface area (Å²) in [7, 11) is 0. The third-order valence-electron chi connectivity index (χ3n) is 4.91. The minimum absolute atomic E-state index is 0.409. The number of nitrogens with one attached hydrogen (secondary N) is 1. The van der Waals surface area contributed by atoms with Crippen molar-refractivity contribution in [2.24, 2.45) is 0 Å². The quantitative estimate of drug-likeness (QED) is 0.882.